The van der Waals surface area contributed by atoms with Gasteiger partial charge in [-0.2, -0.15) is 0 Å². The molecule has 1 heteroatoms. The zero-order chi connectivity index (χ0) is 9.73. The van der Waals surface area contributed by atoms with Gasteiger partial charge in [0.15, 0.2) is 0 Å². The number of nitrogens with zero attached hydrogens (tertiary/aromatic N) is 1. The number of hydrogen-bond donors (Lipinski definition) is 0. The van der Waals surface area contributed by atoms with Gasteiger partial charge in [0.25, 0.3) is 0 Å². The lowest BCUT2D eigenvalue weighted by atomic mass is 9.92. The van der Waals surface area contributed by atoms with Crippen LogP contribution in [0.25, 0.3) is 6.08 Å². The molecule has 0 unspecified atom stereocenters. The lowest BCUT2D eigenvalue weighted by Gasteiger charge is -2.14. The van der Waals surface area contributed by atoms with Gasteiger partial charge in [0.05, 0.1) is 0 Å². The van der Waals surface area contributed by atoms with Gasteiger partial charge < -0.3 is 0 Å². The van der Waals surface area contributed by atoms with E-state index in [0.717, 1.165) is 6.42 Å². The van der Waals surface area contributed by atoms with Crippen molar-refractivity contribution >= 4 is 6.08 Å². The molecule has 70 valence electrons. The summed E-state index contributed by atoms with van der Waals surface area (Å²) in [5.74, 6) is 0. The van der Waals surface area contributed by atoms with E-state index in [1.807, 2.05) is 24.5 Å². The first-order valence-electron chi connectivity index (χ1n) is 4.64. The molecule has 0 aliphatic rings. The first-order chi connectivity index (χ1) is 6.08. The number of aromatic nitrogens is 1. The summed E-state index contributed by atoms with van der Waals surface area (Å²) in [4.78, 5) is 3.97. The van der Waals surface area contributed by atoms with E-state index >= 15 is 0 Å². The molecule has 0 N–H and O–H groups in total. The maximum Gasteiger partial charge on any atom is 0.0273 e. The van der Waals surface area contributed by atoms with Crippen LogP contribution in [0.5, 0.6) is 0 Å². The number of allylic oxidation sites excluding steroid dienone is 1. The minimum atomic E-state index is 0.379. The third-order valence-corrected chi connectivity index (χ3v) is 1.75. The standard InChI is InChI=1S/C12H17N/c1-12(2,3)8-4-5-11-6-9-13-10-7-11/h4-7,9-10H,8H2,1-3H3/b5-4+. The lowest BCUT2D eigenvalue weighted by Crippen LogP contribution is -2.01. The van der Waals surface area contributed by atoms with Gasteiger partial charge in [0.2, 0.25) is 0 Å². The van der Waals surface area contributed by atoms with Crippen LogP contribution in [0, 0.1) is 5.41 Å². The summed E-state index contributed by atoms with van der Waals surface area (Å²) in [6.45, 7) is 6.72. The van der Waals surface area contributed by atoms with Crippen molar-refractivity contribution < 1.29 is 0 Å². The molecule has 0 atom stereocenters. The van der Waals surface area contributed by atoms with Crippen LogP contribution in [0.2, 0.25) is 0 Å². The summed E-state index contributed by atoms with van der Waals surface area (Å²) >= 11 is 0. The van der Waals surface area contributed by atoms with Crippen molar-refractivity contribution in [1.82, 2.24) is 4.98 Å². The molecule has 0 saturated heterocycles. The Balaban J connectivity index is 2.51. The number of rotatable bonds is 2. The van der Waals surface area contributed by atoms with E-state index in [0.29, 0.717) is 5.41 Å². The largest absolute Gasteiger partial charge is 0.265 e. The Bertz CT molecular complexity index is 267. The molecule has 0 radical (unpaired) electrons. The molecule has 0 aliphatic heterocycles. The van der Waals surface area contributed by atoms with Crippen molar-refractivity contribution in [3.8, 4) is 0 Å². The summed E-state index contributed by atoms with van der Waals surface area (Å²) < 4.78 is 0. The van der Waals surface area contributed by atoms with Crippen LogP contribution in [0.3, 0.4) is 0 Å². The van der Waals surface area contributed by atoms with E-state index in [4.69, 9.17) is 0 Å². The molecule has 1 nitrogen and oxygen atoms in total. The van der Waals surface area contributed by atoms with Crippen LogP contribution >= 0.6 is 0 Å². The topological polar surface area (TPSA) is 12.9 Å². The fourth-order valence-electron chi connectivity index (χ4n) is 1.02. The van der Waals surface area contributed by atoms with Crippen molar-refractivity contribution in [1.29, 1.82) is 0 Å². The molecule has 0 spiro atoms. The second kappa shape index (κ2) is 4.22. The van der Waals surface area contributed by atoms with Gasteiger partial charge in [-0.1, -0.05) is 32.9 Å². The molecular weight excluding hydrogens is 158 g/mol. The Hall–Kier alpha value is -1.11. The molecule has 0 fully saturated rings. The van der Waals surface area contributed by atoms with Crippen molar-refractivity contribution in [2.75, 3.05) is 0 Å². The van der Waals surface area contributed by atoms with E-state index in [2.05, 4.69) is 37.9 Å². The predicted octanol–water partition coefficient (Wildman–Crippen LogP) is 3.53. The van der Waals surface area contributed by atoms with Gasteiger partial charge in [-0.3, -0.25) is 4.98 Å². The average Bonchev–Trinajstić information content (AvgIpc) is 2.04. The minimum absolute atomic E-state index is 0.379. The van der Waals surface area contributed by atoms with Crippen molar-refractivity contribution in [3.05, 3.63) is 36.2 Å². The van der Waals surface area contributed by atoms with Crippen LogP contribution < -0.4 is 0 Å². The molecule has 0 amide bonds. The Morgan fingerprint density at radius 3 is 2.38 bits per heavy atom. The highest BCUT2D eigenvalue weighted by Crippen LogP contribution is 2.19. The maximum atomic E-state index is 3.97. The second-order valence-corrected chi connectivity index (χ2v) is 4.45. The fourth-order valence-corrected chi connectivity index (χ4v) is 1.02. The van der Waals surface area contributed by atoms with E-state index < -0.39 is 0 Å². The molecule has 1 aromatic rings. The molecular formula is C12H17N. The Morgan fingerprint density at radius 2 is 1.85 bits per heavy atom. The van der Waals surface area contributed by atoms with Gasteiger partial charge >= 0.3 is 0 Å². The number of pyridine rings is 1. The average molecular weight is 175 g/mol. The first-order valence-corrected chi connectivity index (χ1v) is 4.64. The number of hydrogen-bond acceptors (Lipinski definition) is 1. The molecule has 13 heavy (non-hydrogen) atoms. The maximum absolute atomic E-state index is 3.97. The van der Waals surface area contributed by atoms with Crippen molar-refractivity contribution in [2.24, 2.45) is 5.41 Å². The predicted molar refractivity (Wildman–Crippen MR) is 57.3 cm³/mol. The molecule has 1 heterocycles. The van der Waals surface area contributed by atoms with E-state index in [1.165, 1.54) is 5.56 Å². The third kappa shape index (κ3) is 4.46. The molecule has 0 saturated carbocycles. The summed E-state index contributed by atoms with van der Waals surface area (Å²) in [7, 11) is 0. The zero-order valence-corrected chi connectivity index (χ0v) is 8.62. The van der Waals surface area contributed by atoms with Gasteiger partial charge in [0, 0.05) is 12.4 Å². The molecule has 1 aromatic heterocycles. The summed E-state index contributed by atoms with van der Waals surface area (Å²) in [5.41, 5.74) is 1.60. The van der Waals surface area contributed by atoms with E-state index in [-0.39, 0.29) is 0 Å². The highest BCUT2D eigenvalue weighted by molar-refractivity contribution is 5.47. The SMILES string of the molecule is CC(C)(C)C/C=C/c1ccncc1. The summed E-state index contributed by atoms with van der Waals surface area (Å²) in [6.07, 6.45) is 9.10. The van der Waals surface area contributed by atoms with Gasteiger partial charge in [0.1, 0.15) is 0 Å². The fraction of sp³-hybridized carbons (Fsp3) is 0.417. The quantitative estimate of drug-likeness (QED) is 0.670. The monoisotopic (exact) mass is 175 g/mol. The van der Waals surface area contributed by atoms with Gasteiger partial charge in [-0.15, -0.1) is 0 Å². The van der Waals surface area contributed by atoms with Crippen LogP contribution in [-0.2, 0) is 0 Å². The Morgan fingerprint density at radius 1 is 1.23 bits per heavy atom. The van der Waals surface area contributed by atoms with Crippen molar-refractivity contribution in [3.63, 3.8) is 0 Å². The first kappa shape index (κ1) is 9.97. The van der Waals surface area contributed by atoms with E-state index in [9.17, 15) is 0 Å². The van der Waals surface area contributed by atoms with Crippen LogP contribution in [0.4, 0.5) is 0 Å². The third-order valence-electron chi connectivity index (χ3n) is 1.75. The molecule has 0 bridgehead atoms. The zero-order valence-electron chi connectivity index (χ0n) is 8.62. The van der Waals surface area contributed by atoms with Gasteiger partial charge in [-0.05, 0) is 29.5 Å². The normalized spacial score (nSPS) is 12.2. The van der Waals surface area contributed by atoms with E-state index in [1.54, 1.807) is 0 Å². The molecule has 0 aromatic carbocycles. The molecule has 1 rings (SSSR count). The van der Waals surface area contributed by atoms with Gasteiger partial charge in [-0.25, -0.2) is 0 Å². The highest BCUT2D eigenvalue weighted by atomic mass is 14.6. The van der Waals surface area contributed by atoms with Crippen molar-refractivity contribution in [2.45, 2.75) is 27.2 Å². The van der Waals surface area contributed by atoms with Crippen LogP contribution in [-0.4, -0.2) is 4.98 Å². The molecule has 0 aliphatic carbocycles. The Kier molecular flexibility index (Phi) is 3.24. The summed E-state index contributed by atoms with van der Waals surface area (Å²) in [5, 5.41) is 0. The highest BCUT2D eigenvalue weighted by Gasteiger charge is 2.05. The lowest BCUT2D eigenvalue weighted by molar-refractivity contribution is 0.421. The minimum Gasteiger partial charge on any atom is -0.265 e. The smallest absolute Gasteiger partial charge is 0.0273 e. The second-order valence-electron chi connectivity index (χ2n) is 4.45. The van der Waals surface area contributed by atoms with Crippen LogP contribution in [0.1, 0.15) is 32.8 Å². The Labute approximate surface area is 80.5 Å². The van der Waals surface area contributed by atoms with Crippen LogP contribution in [0.15, 0.2) is 30.6 Å². The summed E-state index contributed by atoms with van der Waals surface area (Å²) in [6, 6.07) is 4.03.